The minimum Gasteiger partial charge on any atom is -0.360 e. The summed E-state index contributed by atoms with van der Waals surface area (Å²) in [6, 6.07) is 3.29. The van der Waals surface area contributed by atoms with Crippen LogP contribution in [0, 0.1) is 0 Å². The minimum atomic E-state index is -3.49. The molecule has 0 bridgehead atoms. The smallest absolute Gasteiger partial charge is 0.251 e. The normalized spacial score (nSPS) is 11.8. The van der Waals surface area contributed by atoms with Gasteiger partial charge in [-0.25, -0.2) is 13.1 Å². The van der Waals surface area contributed by atoms with Crippen molar-refractivity contribution in [3.05, 3.63) is 33.9 Å². The average Bonchev–Trinajstić information content (AvgIpc) is 2.85. The summed E-state index contributed by atoms with van der Waals surface area (Å²) in [5, 5.41) is 5.19. The van der Waals surface area contributed by atoms with E-state index in [1.54, 1.807) is 17.5 Å². The van der Waals surface area contributed by atoms with E-state index in [2.05, 4.69) is 25.8 Å². The van der Waals surface area contributed by atoms with Crippen molar-refractivity contribution in [2.45, 2.75) is 10.8 Å². The standard InChI is InChI=1S/C8H7BrN2O3S2/c9-7-2-4-15-8(7)16(12,13)11-5-6-1-3-10-14-6/h1-4,11H,5H2. The van der Waals surface area contributed by atoms with Crippen molar-refractivity contribution in [2.75, 3.05) is 0 Å². The molecule has 86 valence electrons. The van der Waals surface area contributed by atoms with Gasteiger partial charge in [-0.2, -0.15) is 0 Å². The van der Waals surface area contributed by atoms with Crippen molar-refractivity contribution in [2.24, 2.45) is 0 Å². The molecule has 0 aliphatic heterocycles. The second-order valence-corrected chi connectivity index (χ2v) is 6.59. The highest BCUT2D eigenvalue weighted by atomic mass is 79.9. The lowest BCUT2D eigenvalue weighted by atomic mass is 10.5. The topological polar surface area (TPSA) is 72.2 Å². The Morgan fingerprint density at radius 2 is 2.31 bits per heavy atom. The minimum absolute atomic E-state index is 0.0900. The molecule has 2 aromatic heterocycles. The van der Waals surface area contributed by atoms with Crippen LogP contribution >= 0.6 is 27.3 Å². The number of nitrogens with one attached hydrogen (secondary N) is 1. The molecule has 0 aliphatic carbocycles. The number of halogens is 1. The van der Waals surface area contributed by atoms with Gasteiger partial charge in [-0.1, -0.05) is 5.16 Å². The summed E-state index contributed by atoms with van der Waals surface area (Å²) in [7, 11) is -3.49. The average molecular weight is 323 g/mol. The lowest BCUT2D eigenvalue weighted by Gasteiger charge is -2.02. The lowest BCUT2D eigenvalue weighted by molar-refractivity contribution is 0.380. The summed E-state index contributed by atoms with van der Waals surface area (Å²) in [6.45, 7) is 0.0900. The van der Waals surface area contributed by atoms with Crippen LogP contribution in [-0.4, -0.2) is 13.6 Å². The van der Waals surface area contributed by atoms with E-state index in [-0.39, 0.29) is 10.8 Å². The zero-order valence-electron chi connectivity index (χ0n) is 7.88. The maximum absolute atomic E-state index is 11.8. The first-order chi connectivity index (χ1) is 7.59. The molecule has 0 unspecified atom stereocenters. The first-order valence-electron chi connectivity index (χ1n) is 4.22. The Labute approximate surface area is 105 Å². The van der Waals surface area contributed by atoms with E-state index in [9.17, 15) is 8.42 Å². The SMILES string of the molecule is O=S(=O)(NCc1ccno1)c1sccc1Br. The largest absolute Gasteiger partial charge is 0.360 e. The quantitative estimate of drug-likeness (QED) is 0.934. The summed E-state index contributed by atoms with van der Waals surface area (Å²) in [5.41, 5.74) is 0. The Kier molecular flexibility index (Phi) is 3.43. The lowest BCUT2D eigenvalue weighted by Crippen LogP contribution is -2.22. The van der Waals surface area contributed by atoms with Gasteiger partial charge in [0.05, 0.1) is 12.7 Å². The van der Waals surface area contributed by atoms with E-state index in [0.29, 0.717) is 10.2 Å². The van der Waals surface area contributed by atoms with Crippen LogP contribution in [0.25, 0.3) is 0 Å². The first kappa shape index (κ1) is 11.8. The maximum atomic E-state index is 11.8. The van der Waals surface area contributed by atoms with Crippen molar-refractivity contribution in [3.63, 3.8) is 0 Å². The highest BCUT2D eigenvalue weighted by Gasteiger charge is 2.19. The second kappa shape index (κ2) is 4.66. The zero-order valence-corrected chi connectivity index (χ0v) is 11.1. The van der Waals surface area contributed by atoms with E-state index >= 15 is 0 Å². The van der Waals surface area contributed by atoms with Crippen molar-refractivity contribution in [1.82, 2.24) is 9.88 Å². The van der Waals surface area contributed by atoms with E-state index < -0.39 is 10.0 Å². The van der Waals surface area contributed by atoms with Gasteiger partial charge in [-0.05, 0) is 27.4 Å². The Hall–Kier alpha value is -0.700. The van der Waals surface area contributed by atoms with Gasteiger partial charge in [0.2, 0.25) is 0 Å². The highest BCUT2D eigenvalue weighted by Crippen LogP contribution is 2.27. The van der Waals surface area contributed by atoms with E-state index in [0.717, 1.165) is 11.3 Å². The Morgan fingerprint density at radius 3 is 2.88 bits per heavy atom. The zero-order chi connectivity index (χ0) is 11.6. The van der Waals surface area contributed by atoms with E-state index in [4.69, 9.17) is 4.52 Å². The molecule has 8 heteroatoms. The summed E-state index contributed by atoms with van der Waals surface area (Å²) in [5.74, 6) is 0.469. The molecular formula is C8H7BrN2O3S2. The van der Waals surface area contributed by atoms with Crippen LogP contribution in [0.5, 0.6) is 0 Å². The van der Waals surface area contributed by atoms with Crippen molar-refractivity contribution >= 4 is 37.3 Å². The fraction of sp³-hybridized carbons (Fsp3) is 0.125. The molecule has 2 rings (SSSR count). The number of hydrogen-bond acceptors (Lipinski definition) is 5. The molecule has 0 atom stereocenters. The van der Waals surface area contributed by atoms with Crippen molar-refractivity contribution in [3.8, 4) is 0 Å². The van der Waals surface area contributed by atoms with Gasteiger partial charge in [0.1, 0.15) is 4.21 Å². The number of hydrogen-bond donors (Lipinski definition) is 1. The van der Waals surface area contributed by atoms with E-state index in [1.165, 1.54) is 6.20 Å². The predicted octanol–water partition coefficient (Wildman–Crippen LogP) is 1.98. The monoisotopic (exact) mass is 322 g/mol. The molecule has 1 N–H and O–H groups in total. The van der Waals surface area contributed by atoms with Crippen LogP contribution in [0.4, 0.5) is 0 Å². The van der Waals surface area contributed by atoms with Crippen LogP contribution in [0.2, 0.25) is 0 Å². The van der Waals surface area contributed by atoms with Gasteiger partial charge < -0.3 is 4.52 Å². The molecule has 0 saturated heterocycles. The fourth-order valence-electron chi connectivity index (χ4n) is 1.04. The third-order valence-electron chi connectivity index (χ3n) is 1.76. The van der Waals surface area contributed by atoms with Gasteiger partial charge in [-0.15, -0.1) is 11.3 Å². The molecule has 2 heterocycles. The van der Waals surface area contributed by atoms with Crippen LogP contribution in [0.1, 0.15) is 5.76 Å². The third-order valence-corrected chi connectivity index (χ3v) is 5.83. The van der Waals surface area contributed by atoms with Crippen LogP contribution in [0.15, 0.2) is 36.9 Å². The molecule has 16 heavy (non-hydrogen) atoms. The molecule has 2 aromatic rings. The highest BCUT2D eigenvalue weighted by molar-refractivity contribution is 9.10. The number of aromatic nitrogens is 1. The third kappa shape index (κ3) is 2.51. The molecule has 0 saturated carbocycles. The van der Waals surface area contributed by atoms with Gasteiger partial charge in [0.25, 0.3) is 10.0 Å². The maximum Gasteiger partial charge on any atom is 0.251 e. The summed E-state index contributed by atoms with van der Waals surface area (Å²) in [4.78, 5) is 0. The molecule has 0 amide bonds. The summed E-state index contributed by atoms with van der Waals surface area (Å²) >= 11 is 4.33. The number of sulfonamides is 1. The van der Waals surface area contributed by atoms with Gasteiger partial charge in [-0.3, -0.25) is 0 Å². The Morgan fingerprint density at radius 1 is 1.50 bits per heavy atom. The van der Waals surface area contributed by atoms with Crippen molar-refractivity contribution < 1.29 is 12.9 Å². The first-order valence-corrected chi connectivity index (χ1v) is 7.37. The molecule has 0 aromatic carbocycles. The van der Waals surface area contributed by atoms with E-state index in [1.807, 2.05) is 0 Å². The molecule has 5 nitrogen and oxygen atoms in total. The van der Waals surface area contributed by atoms with Crippen LogP contribution < -0.4 is 4.72 Å². The number of thiophene rings is 1. The van der Waals surface area contributed by atoms with Gasteiger partial charge >= 0.3 is 0 Å². The number of nitrogens with zero attached hydrogens (tertiary/aromatic N) is 1. The van der Waals surface area contributed by atoms with Crippen molar-refractivity contribution in [1.29, 1.82) is 0 Å². The Bertz CT molecular complexity index is 562. The molecule has 0 aliphatic rings. The fourth-order valence-corrected chi connectivity index (χ4v) is 4.41. The van der Waals surface area contributed by atoms with Crippen LogP contribution in [0.3, 0.4) is 0 Å². The molecule has 0 spiro atoms. The van der Waals surface area contributed by atoms with Gasteiger partial charge in [0, 0.05) is 10.5 Å². The molecule has 0 radical (unpaired) electrons. The second-order valence-electron chi connectivity index (χ2n) is 2.86. The predicted molar refractivity (Wildman–Crippen MR) is 62.5 cm³/mol. The molecular weight excluding hydrogens is 316 g/mol. The van der Waals surface area contributed by atoms with Crippen LogP contribution in [-0.2, 0) is 16.6 Å². The molecule has 0 fully saturated rings. The van der Waals surface area contributed by atoms with Gasteiger partial charge in [0.15, 0.2) is 5.76 Å². The number of rotatable bonds is 4. The Balaban J connectivity index is 2.13. The summed E-state index contributed by atoms with van der Waals surface area (Å²) in [6.07, 6.45) is 1.46. The summed E-state index contributed by atoms with van der Waals surface area (Å²) < 4.78 is 31.7.